The Hall–Kier alpha value is -2.87. The number of rotatable bonds is 5. The summed E-state index contributed by atoms with van der Waals surface area (Å²) in [4.78, 5) is 24.3. The summed E-state index contributed by atoms with van der Waals surface area (Å²) in [5.41, 5.74) is 2.31. The van der Waals surface area contributed by atoms with E-state index in [2.05, 4.69) is 20.8 Å². The molecule has 0 saturated carbocycles. The number of anilines is 1. The van der Waals surface area contributed by atoms with Gasteiger partial charge in [-0.05, 0) is 37.6 Å². The average Bonchev–Trinajstić information content (AvgIpc) is 3.25. The third-order valence-corrected chi connectivity index (χ3v) is 4.81. The van der Waals surface area contributed by atoms with Gasteiger partial charge in [0.05, 0.1) is 6.26 Å². The molecule has 7 nitrogen and oxygen atoms in total. The van der Waals surface area contributed by atoms with Gasteiger partial charge in [0.25, 0.3) is 0 Å². The van der Waals surface area contributed by atoms with E-state index in [-0.39, 0.29) is 18.2 Å². The molecule has 2 aromatic rings. The van der Waals surface area contributed by atoms with Crippen molar-refractivity contribution < 1.29 is 14.0 Å². The van der Waals surface area contributed by atoms with Crippen LogP contribution in [0.3, 0.4) is 0 Å². The van der Waals surface area contributed by atoms with Gasteiger partial charge in [-0.2, -0.15) is 0 Å². The molecule has 3 rings (SSSR count). The zero-order valence-corrected chi connectivity index (χ0v) is 15.2. The monoisotopic (exact) mass is 370 g/mol. The molecule has 1 fully saturated rings. The summed E-state index contributed by atoms with van der Waals surface area (Å²) in [6.07, 6.45) is 1.61. The maximum absolute atomic E-state index is 12.2. The molecule has 1 unspecified atom stereocenters. The standard InChI is InChI=1S/C18H18N4O3S/c1-11-6-3-4-7-13(11)19-16(23)10-15-17(24)20-18(26-15)22-21-12(2)14-8-5-9-25-14/h3-9,15H,10H2,1-2H3,(H,19,23)(H,20,22,24)/b21-12+. The van der Waals surface area contributed by atoms with Crippen molar-refractivity contribution in [3.8, 4) is 0 Å². The molecule has 0 bridgehead atoms. The molecule has 8 heteroatoms. The third-order valence-electron chi connectivity index (χ3n) is 3.73. The highest BCUT2D eigenvalue weighted by molar-refractivity contribution is 8.15. The van der Waals surface area contributed by atoms with Crippen molar-refractivity contribution in [2.24, 2.45) is 10.2 Å². The SMILES string of the molecule is C/C(=N\N=C1\NC(=O)C(CC(=O)Nc2ccccc2C)S1)c1ccco1. The molecule has 1 aliphatic rings. The highest BCUT2D eigenvalue weighted by Crippen LogP contribution is 2.23. The predicted octanol–water partition coefficient (Wildman–Crippen LogP) is 2.93. The van der Waals surface area contributed by atoms with Crippen LogP contribution in [-0.4, -0.2) is 27.9 Å². The van der Waals surface area contributed by atoms with Gasteiger partial charge in [-0.15, -0.1) is 10.2 Å². The summed E-state index contributed by atoms with van der Waals surface area (Å²) in [5.74, 6) is 0.140. The maximum Gasteiger partial charge on any atom is 0.240 e. The number of amides is 2. The van der Waals surface area contributed by atoms with Crippen molar-refractivity contribution in [1.29, 1.82) is 0 Å². The Labute approximate surface area is 155 Å². The number of benzene rings is 1. The minimum absolute atomic E-state index is 0.0603. The van der Waals surface area contributed by atoms with E-state index in [0.717, 1.165) is 11.3 Å². The van der Waals surface area contributed by atoms with Gasteiger partial charge < -0.3 is 15.1 Å². The van der Waals surface area contributed by atoms with Gasteiger partial charge in [0.15, 0.2) is 5.17 Å². The Balaban J connectivity index is 1.59. The molecular formula is C18H18N4O3S. The molecule has 2 heterocycles. The summed E-state index contributed by atoms with van der Waals surface area (Å²) in [6, 6.07) is 11.0. The lowest BCUT2D eigenvalue weighted by atomic mass is 10.2. The summed E-state index contributed by atoms with van der Waals surface area (Å²) >= 11 is 1.19. The number of furan rings is 1. The minimum atomic E-state index is -0.531. The fourth-order valence-electron chi connectivity index (χ4n) is 2.32. The second kappa shape index (κ2) is 8.01. The number of para-hydroxylation sites is 1. The number of aryl methyl sites for hydroxylation is 1. The lowest BCUT2D eigenvalue weighted by Gasteiger charge is -2.09. The van der Waals surface area contributed by atoms with Crippen LogP contribution < -0.4 is 10.6 Å². The minimum Gasteiger partial charge on any atom is -0.463 e. The molecule has 1 saturated heterocycles. The van der Waals surface area contributed by atoms with Gasteiger partial charge in [-0.1, -0.05) is 30.0 Å². The molecule has 0 aliphatic carbocycles. The van der Waals surface area contributed by atoms with Gasteiger partial charge in [0, 0.05) is 12.1 Å². The number of amidine groups is 1. The number of nitrogens with one attached hydrogen (secondary N) is 2. The third kappa shape index (κ3) is 4.40. The molecule has 1 aromatic carbocycles. The van der Waals surface area contributed by atoms with Crippen LogP contribution in [-0.2, 0) is 9.59 Å². The fraction of sp³-hybridized carbons (Fsp3) is 0.222. The van der Waals surface area contributed by atoms with Gasteiger partial charge in [-0.25, -0.2) is 0 Å². The Morgan fingerprint density at radius 1 is 1.31 bits per heavy atom. The van der Waals surface area contributed by atoms with E-state index in [1.807, 2.05) is 31.2 Å². The van der Waals surface area contributed by atoms with E-state index in [1.54, 1.807) is 25.3 Å². The first kappa shape index (κ1) is 17.9. The zero-order chi connectivity index (χ0) is 18.5. The fourth-order valence-corrected chi connectivity index (χ4v) is 3.24. The molecule has 0 spiro atoms. The molecule has 1 aliphatic heterocycles. The first-order valence-corrected chi connectivity index (χ1v) is 8.90. The molecule has 2 N–H and O–H groups in total. The van der Waals surface area contributed by atoms with Crippen molar-refractivity contribution in [2.75, 3.05) is 5.32 Å². The summed E-state index contributed by atoms with van der Waals surface area (Å²) in [6.45, 7) is 3.67. The number of carbonyl (C=O) groups is 2. The zero-order valence-electron chi connectivity index (χ0n) is 14.4. The van der Waals surface area contributed by atoms with Crippen molar-refractivity contribution in [3.05, 3.63) is 54.0 Å². The maximum atomic E-state index is 12.2. The van der Waals surface area contributed by atoms with E-state index in [9.17, 15) is 9.59 Å². The Morgan fingerprint density at radius 3 is 2.85 bits per heavy atom. The van der Waals surface area contributed by atoms with E-state index >= 15 is 0 Å². The number of carbonyl (C=O) groups excluding carboxylic acids is 2. The van der Waals surface area contributed by atoms with Crippen LogP contribution >= 0.6 is 11.8 Å². The van der Waals surface area contributed by atoms with Gasteiger partial charge in [-0.3, -0.25) is 9.59 Å². The molecular weight excluding hydrogens is 352 g/mol. The summed E-state index contributed by atoms with van der Waals surface area (Å²) in [7, 11) is 0. The smallest absolute Gasteiger partial charge is 0.240 e. The molecule has 2 amide bonds. The highest BCUT2D eigenvalue weighted by atomic mass is 32.2. The van der Waals surface area contributed by atoms with Crippen LogP contribution in [0.15, 0.2) is 57.3 Å². The number of hydrogen-bond donors (Lipinski definition) is 2. The lowest BCUT2D eigenvalue weighted by molar-refractivity contribution is -0.122. The van der Waals surface area contributed by atoms with Crippen LogP contribution in [0.4, 0.5) is 5.69 Å². The van der Waals surface area contributed by atoms with Gasteiger partial charge in [0.1, 0.15) is 16.7 Å². The predicted molar refractivity (Wildman–Crippen MR) is 102 cm³/mol. The number of thioether (sulfide) groups is 1. The molecule has 1 aromatic heterocycles. The average molecular weight is 370 g/mol. The lowest BCUT2D eigenvalue weighted by Crippen LogP contribution is -2.28. The van der Waals surface area contributed by atoms with Gasteiger partial charge >= 0.3 is 0 Å². The Kier molecular flexibility index (Phi) is 5.52. The second-order valence-corrected chi connectivity index (χ2v) is 6.92. The van der Waals surface area contributed by atoms with Crippen LogP contribution in [0.1, 0.15) is 24.7 Å². The second-order valence-electron chi connectivity index (χ2n) is 5.73. The summed E-state index contributed by atoms with van der Waals surface area (Å²) < 4.78 is 5.22. The van der Waals surface area contributed by atoms with Crippen LogP contribution in [0.25, 0.3) is 0 Å². The number of nitrogens with zero attached hydrogens (tertiary/aromatic N) is 2. The molecule has 26 heavy (non-hydrogen) atoms. The van der Waals surface area contributed by atoms with E-state index in [1.165, 1.54) is 11.8 Å². The normalized spacial score (nSPS) is 18.8. The van der Waals surface area contributed by atoms with Crippen LogP contribution in [0, 0.1) is 6.92 Å². The van der Waals surface area contributed by atoms with Gasteiger partial charge in [0.2, 0.25) is 11.8 Å². The van der Waals surface area contributed by atoms with Crippen molar-refractivity contribution in [1.82, 2.24) is 5.32 Å². The highest BCUT2D eigenvalue weighted by Gasteiger charge is 2.32. The molecule has 0 radical (unpaired) electrons. The van der Waals surface area contributed by atoms with Crippen molar-refractivity contribution >= 4 is 40.1 Å². The first-order chi connectivity index (χ1) is 12.5. The van der Waals surface area contributed by atoms with Crippen molar-refractivity contribution in [3.63, 3.8) is 0 Å². The Bertz CT molecular complexity index is 874. The largest absolute Gasteiger partial charge is 0.463 e. The quantitative estimate of drug-likeness (QED) is 0.625. The van der Waals surface area contributed by atoms with Crippen LogP contribution in [0.2, 0.25) is 0 Å². The molecule has 134 valence electrons. The van der Waals surface area contributed by atoms with E-state index in [4.69, 9.17) is 4.42 Å². The first-order valence-electron chi connectivity index (χ1n) is 8.02. The van der Waals surface area contributed by atoms with Crippen LogP contribution in [0.5, 0.6) is 0 Å². The molecule has 1 atom stereocenters. The van der Waals surface area contributed by atoms with E-state index in [0.29, 0.717) is 16.6 Å². The van der Waals surface area contributed by atoms with E-state index < -0.39 is 5.25 Å². The summed E-state index contributed by atoms with van der Waals surface area (Å²) in [5, 5.41) is 13.4. The topological polar surface area (TPSA) is 96.1 Å². The number of hydrogen-bond acceptors (Lipinski definition) is 6. The Morgan fingerprint density at radius 2 is 2.12 bits per heavy atom. The van der Waals surface area contributed by atoms with Crippen molar-refractivity contribution in [2.45, 2.75) is 25.5 Å².